The lowest BCUT2D eigenvalue weighted by atomic mass is 9.70. The molecule has 0 spiro atoms. The number of hydrogen-bond donors (Lipinski definition) is 1. The van der Waals surface area contributed by atoms with Gasteiger partial charge in [-0.3, -0.25) is 0 Å². The van der Waals surface area contributed by atoms with E-state index < -0.39 is 0 Å². The number of hydrogen-bond acceptors (Lipinski definition) is 1. The highest BCUT2D eigenvalue weighted by Gasteiger charge is 2.31. The molecule has 2 atom stereocenters. The third-order valence-electron chi connectivity index (χ3n) is 4.19. The highest BCUT2D eigenvalue weighted by molar-refractivity contribution is 5.27. The second kappa shape index (κ2) is 6.38. The van der Waals surface area contributed by atoms with E-state index in [-0.39, 0.29) is 0 Å². The predicted octanol–water partition coefficient (Wildman–Crippen LogP) is 3.99. The van der Waals surface area contributed by atoms with Crippen molar-refractivity contribution in [1.82, 2.24) is 5.32 Å². The van der Waals surface area contributed by atoms with Crippen molar-refractivity contribution in [3.8, 4) is 0 Å². The van der Waals surface area contributed by atoms with Gasteiger partial charge < -0.3 is 5.32 Å². The molecule has 0 saturated heterocycles. The molecule has 1 N–H and O–H groups in total. The summed E-state index contributed by atoms with van der Waals surface area (Å²) >= 11 is 0. The van der Waals surface area contributed by atoms with Crippen LogP contribution in [0.1, 0.15) is 50.7 Å². The first-order chi connectivity index (χ1) is 8.70. The molecule has 1 aromatic carbocycles. The molecule has 0 heterocycles. The van der Waals surface area contributed by atoms with E-state index in [0.717, 1.165) is 30.7 Å². The third-order valence-corrected chi connectivity index (χ3v) is 4.19. The van der Waals surface area contributed by atoms with E-state index in [0.29, 0.717) is 0 Å². The highest BCUT2D eigenvalue weighted by atomic mass is 14.9. The molecule has 1 aliphatic rings. The van der Waals surface area contributed by atoms with E-state index in [9.17, 15) is 0 Å². The Balaban J connectivity index is 1.85. The molecule has 1 saturated carbocycles. The van der Waals surface area contributed by atoms with Crippen molar-refractivity contribution in [1.29, 1.82) is 0 Å². The van der Waals surface area contributed by atoms with Crippen molar-refractivity contribution in [3.05, 3.63) is 35.4 Å². The van der Waals surface area contributed by atoms with E-state index in [2.05, 4.69) is 50.4 Å². The van der Waals surface area contributed by atoms with Crippen molar-refractivity contribution in [2.75, 3.05) is 13.1 Å². The van der Waals surface area contributed by atoms with E-state index in [4.69, 9.17) is 0 Å². The molecule has 0 bridgehead atoms. The zero-order chi connectivity index (χ0) is 13.0. The molecule has 18 heavy (non-hydrogen) atoms. The van der Waals surface area contributed by atoms with Crippen molar-refractivity contribution in [2.45, 2.75) is 46.0 Å². The van der Waals surface area contributed by atoms with Gasteiger partial charge in [0.15, 0.2) is 0 Å². The summed E-state index contributed by atoms with van der Waals surface area (Å²) in [7, 11) is 0. The van der Waals surface area contributed by atoms with Crippen LogP contribution in [0.3, 0.4) is 0 Å². The van der Waals surface area contributed by atoms with Gasteiger partial charge in [-0.2, -0.15) is 0 Å². The van der Waals surface area contributed by atoms with Crippen molar-refractivity contribution in [3.63, 3.8) is 0 Å². The lowest BCUT2D eigenvalue weighted by Gasteiger charge is -2.37. The fraction of sp³-hybridized carbons (Fsp3) is 0.647. The van der Waals surface area contributed by atoms with Crippen LogP contribution in [0.4, 0.5) is 0 Å². The smallest absolute Gasteiger partial charge is 0.00146 e. The number of rotatable bonds is 6. The van der Waals surface area contributed by atoms with Crippen LogP contribution in [0.5, 0.6) is 0 Å². The van der Waals surface area contributed by atoms with Gasteiger partial charge in [0.2, 0.25) is 0 Å². The van der Waals surface area contributed by atoms with Gasteiger partial charge in [0.25, 0.3) is 0 Å². The molecule has 1 aromatic rings. The minimum absolute atomic E-state index is 0.757. The monoisotopic (exact) mass is 245 g/mol. The zero-order valence-electron chi connectivity index (χ0n) is 12.1. The Morgan fingerprint density at radius 2 is 1.89 bits per heavy atom. The zero-order valence-corrected chi connectivity index (χ0v) is 12.1. The number of benzene rings is 1. The van der Waals surface area contributed by atoms with Crippen LogP contribution in [0.15, 0.2) is 24.3 Å². The normalized spacial score (nSPS) is 23.1. The van der Waals surface area contributed by atoms with Crippen LogP contribution in [0.2, 0.25) is 0 Å². The van der Waals surface area contributed by atoms with Crippen LogP contribution in [0.25, 0.3) is 0 Å². The van der Waals surface area contributed by atoms with E-state index in [1.807, 2.05) is 0 Å². The molecule has 0 amide bonds. The SMILES string of the molecule is CCc1ccc(C2CCC2CNCC(C)C)cc1. The summed E-state index contributed by atoms with van der Waals surface area (Å²) in [5, 5.41) is 3.61. The summed E-state index contributed by atoms with van der Waals surface area (Å²) in [5.74, 6) is 2.42. The van der Waals surface area contributed by atoms with Crippen molar-refractivity contribution < 1.29 is 0 Å². The van der Waals surface area contributed by atoms with Crippen LogP contribution in [0, 0.1) is 11.8 Å². The quantitative estimate of drug-likeness (QED) is 0.799. The predicted molar refractivity (Wildman–Crippen MR) is 79.0 cm³/mol. The lowest BCUT2D eigenvalue weighted by molar-refractivity contribution is 0.243. The Bertz CT molecular complexity index is 352. The second-order valence-electron chi connectivity index (χ2n) is 6.09. The maximum absolute atomic E-state index is 3.61. The Labute approximate surface area is 112 Å². The molecule has 100 valence electrons. The summed E-state index contributed by atoms with van der Waals surface area (Å²) in [4.78, 5) is 0. The fourth-order valence-corrected chi connectivity index (χ4v) is 2.81. The van der Waals surface area contributed by atoms with Gasteiger partial charge in [-0.15, -0.1) is 0 Å². The molecular weight excluding hydrogens is 218 g/mol. The van der Waals surface area contributed by atoms with Gasteiger partial charge in [-0.1, -0.05) is 45.0 Å². The van der Waals surface area contributed by atoms with Crippen LogP contribution in [-0.2, 0) is 6.42 Å². The molecule has 0 aliphatic heterocycles. The lowest BCUT2D eigenvalue weighted by Crippen LogP contribution is -2.35. The van der Waals surface area contributed by atoms with Gasteiger partial charge in [0.1, 0.15) is 0 Å². The van der Waals surface area contributed by atoms with Gasteiger partial charge in [0, 0.05) is 0 Å². The topological polar surface area (TPSA) is 12.0 Å². The van der Waals surface area contributed by atoms with Crippen LogP contribution < -0.4 is 5.32 Å². The maximum Gasteiger partial charge on any atom is -0.00146 e. The third kappa shape index (κ3) is 3.35. The summed E-state index contributed by atoms with van der Waals surface area (Å²) in [6, 6.07) is 9.29. The largest absolute Gasteiger partial charge is 0.316 e. The van der Waals surface area contributed by atoms with Gasteiger partial charge in [0.05, 0.1) is 0 Å². The number of nitrogens with one attached hydrogen (secondary N) is 1. The van der Waals surface area contributed by atoms with Crippen LogP contribution >= 0.6 is 0 Å². The van der Waals surface area contributed by atoms with Gasteiger partial charge in [-0.25, -0.2) is 0 Å². The minimum Gasteiger partial charge on any atom is -0.316 e. The van der Waals surface area contributed by atoms with E-state index in [1.54, 1.807) is 5.56 Å². The van der Waals surface area contributed by atoms with Crippen molar-refractivity contribution >= 4 is 0 Å². The number of aryl methyl sites for hydroxylation is 1. The highest BCUT2D eigenvalue weighted by Crippen LogP contribution is 2.42. The summed E-state index contributed by atoms with van der Waals surface area (Å²) in [6.07, 6.45) is 3.91. The maximum atomic E-state index is 3.61. The second-order valence-corrected chi connectivity index (χ2v) is 6.09. The Morgan fingerprint density at radius 1 is 1.17 bits per heavy atom. The molecule has 1 aliphatic carbocycles. The molecule has 0 radical (unpaired) electrons. The minimum atomic E-state index is 0.757. The summed E-state index contributed by atoms with van der Waals surface area (Å²) < 4.78 is 0. The van der Waals surface area contributed by atoms with Crippen molar-refractivity contribution in [2.24, 2.45) is 11.8 Å². The fourth-order valence-electron chi connectivity index (χ4n) is 2.81. The van der Waals surface area contributed by atoms with E-state index in [1.165, 1.54) is 24.9 Å². The molecular formula is C17H27N. The molecule has 2 rings (SSSR count). The Kier molecular flexibility index (Phi) is 4.82. The molecule has 0 aromatic heterocycles. The average molecular weight is 245 g/mol. The molecule has 1 fully saturated rings. The molecule has 1 heteroatoms. The van der Waals surface area contributed by atoms with Gasteiger partial charge in [-0.05, 0) is 61.2 Å². The summed E-state index contributed by atoms with van der Waals surface area (Å²) in [6.45, 7) is 9.11. The first-order valence-corrected chi connectivity index (χ1v) is 7.50. The Hall–Kier alpha value is -0.820. The van der Waals surface area contributed by atoms with Gasteiger partial charge >= 0.3 is 0 Å². The Morgan fingerprint density at radius 3 is 2.39 bits per heavy atom. The average Bonchev–Trinajstić information content (AvgIpc) is 2.34. The first-order valence-electron chi connectivity index (χ1n) is 7.50. The standard InChI is InChI=1S/C17H27N/c1-4-14-5-7-15(8-6-14)17-10-9-16(17)12-18-11-13(2)3/h5-8,13,16-18H,4,9-12H2,1-3H3. The molecule has 1 nitrogen and oxygen atoms in total. The van der Waals surface area contributed by atoms with E-state index >= 15 is 0 Å². The summed E-state index contributed by atoms with van der Waals surface area (Å²) in [5.41, 5.74) is 3.00. The van der Waals surface area contributed by atoms with Crippen LogP contribution in [-0.4, -0.2) is 13.1 Å². The first kappa shape index (κ1) is 13.6. The molecule has 2 unspecified atom stereocenters.